The van der Waals surface area contributed by atoms with Crippen LogP contribution in [0, 0.1) is 0 Å². The number of hydrogen-bond acceptors (Lipinski definition) is 5. The van der Waals surface area contributed by atoms with E-state index in [1.54, 1.807) is 54.7 Å². The Morgan fingerprint density at radius 2 is 1.47 bits per heavy atom. The summed E-state index contributed by atoms with van der Waals surface area (Å²) in [4.78, 5) is 35.7. The highest BCUT2D eigenvalue weighted by molar-refractivity contribution is 7.21. The first kappa shape index (κ1) is 19.8. The second kappa shape index (κ2) is 8.53. The van der Waals surface area contributed by atoms with Crippen LogP contribution in [0.15, 0.2) is 97.2 Å². The Morgan fingerprint density at radius 1 is 0.750 bits per heavy atom. The number of pyridine rings is 1. The molecule has 0 bridgehead atoms. The van der Waals surface area contributed by atoms with Crippen molar-refractivity contribution in [3.63, 3.8) is 0 Å². The molecule has 0 atom stereocenters. The van der Waals surface area contributed by atoms with E-state index in [0.717, 1.165) is 20.9 Å². The van der Waals surface area contributed by atoms with Crippen LogP contribution >= 0.6 is 11.3 Å². The number of amides is 1. The molecule has 0 aliphatic carbocycles. The minimum Gasteiger partial charge on any atom is -0.322 e. The molecule has 154 valence electrons. The molecule has 0 radical (unpaired) electrons. The summed E-state index contributed by atoms with van der Waals surface area (Å²) in [5, 5.41) is 3.76. The fourth-order valence-corrected chi connectivity index (χ4v) is 4.32. The van der Waals surface area contributed by atoms with Crippen molar-refractivity contribution in [2.45, 2.75) is 0 Å². The van der Waals surface area contributed by atoms with Gasteiger partial charge < -0.3 is 5.32 Å². The van der Waals surface area contributed by atoms with Crippen molar-refractivity contribution in [2.24, 2.45) is 0 Å². The predicted molar refractivity (Wildman–Crippen MR) is 127 cm³/mol. The van der Waals surface area contributed by atoms with Gasteiger partial charge in [-0.2, -0.15) is 0 Å². The maximum Gasteiger partial charge on any atom is 0.256 e. The maximum absolute atomic E-state index is 13.0. The van der Waals surface area contributed by atoms with E-state index in [-0.39, 0.29) is 11.7 Å². The number of hydrogen-bond donors (Lipinski definition) is 1. The summed E-state index contributed by atoms with van der Waals surface area (Å²) in [5.74, 6) is -0.516. The van der Waals surface area contributed by atoms with Crippen molar-refractivity contribution >= 4 is 39.1 Å². The van der Waals surface area contributed by atoms with Gasteiger partial charge in [0.15, 0.2) is 5.78 Å². The highest BCUT2D eigenvalue weighted by atomic mass is 32.1. The number of fused-ring (bicyclic) bond motifs is 1. The molecule has 0 saturated carbocycles. The summed E-state index contributed by atoms with van der Waals surface area (Å²) < 4.78 is 0. The third-order valence-corrected chi connectivity index (χ3v) is 6.04. The molecule has 0 saturated heterocycles. The summed E-state index contributed by atoms with van der Waals surface area (Å²) in [6.07, 6.45) is 1.75. The molecule has 0 spiro atoms. The molecule has 2 aromatic heterocycles. The first-order valence-electron chi connectivity index (χ1n) is 10.0. The monoisotopic (exact) mass is 435 g/mol. The van der Waals surface area contributed by atoms with Crippen molar-refractivity contribution in [1.82, 2.24) is 9.97 Å². The van der Waals surface area contributed by atoms with Crippen molar-refractivity contribution in [3.8, 4) is 10.6 Å². The number of rotatable bonds is 5. The van der Waals surface area contributed by atoms with Crippen molar-refractivity contribution in [1.29, 1.82) is 0 Å². The number of nitrogens with zero attached hydrogens (tertiary/aromatic N) is 2. The largest absolute Gasteiger partial charge is 0.322 e. The number of ketones is 1. The molecule has 5 nitrogen and oxygen atoms in total. The van der Waals surface area contributed by atoms with Gasteiger partial charge in [0.2, 0.25) is 0 Å². The Bertz CT molecular complexity index is 1390. The summed E-state index contributed by atoms with van der Waals surface area (Å²) in [7, 11) is 0. The van der Waals surface area contributed by atoms with Gasteiger partial charge in [0.05, 0.1) is 5.56 Å². The lowest BCUT2D eigenvalue weighted by Crippen LogP contribution is -2.16. The van der Waals surface area contributed by atoms with Gasteiger partial charge in [-0.15, -0.1) is 0 Å². The van der Waals surface area contributed by atoms with Crippen LogP contribution in [0.2, 0.25) is 0 Å². The van der Waals surface area contributed by atoms with Gasteiger partial charge in [0.25, 0.3) is 5.91 Å². The first-order chi connectivity index (χ1) is 15.7. The zero-order valence-corrected chi connectivity index (χ0v) is 17.7. The summed E-state index contributed by atoms with van der Waals surface area (Å²) >= 11 is 1.52. The average molecular weight is 436 g/mol. The van der Waals surface area contributed by atoms with Crippen LogP contribution in [0.4, 0.5) is 5.69 Å². The van der Waals surface area contributed by atoms with E-state index >= 15 is 0 Å². The number of benzene rings is 3. The number of thiazole rings is 1. The molecule has 0 aliphatic rings. The van der Waals surface area contributed by atoms with Crippen molar-refractivity contribution < 1.29 is 9.59 Å². The fourth-order valence-electron chi connectivity index (χ4n) is 3.41. The Morgan fingerprint density at radius 3 is 2.22 bits per heavy atom. The molecule has 0 unspecified atom stereocenters. The van der Waals surface area contributed by atoms with Crippen LogP contribution in [0.25, 0.3) is 20.9 Å². The first-order valence-corrected chi connectivity index (χ1v) is 10.8. The number of anilines is 1. The molecule has 32 heavy (non-hydrogen) atoms. The van der Waals surface area contributed by atoms with Gasteiger partial charge >= 0.3 is 0 Å². The SMILES string of the molecule is O=C(Nc1ccc(-c2nc3cccnc3s2)cc1)c1ccccc1C(=O)c1ccccc1. The molecule has 6 heteroatoms. The van der Waals surface area contributed by atoms with E-state index < -0.39 is 0 Å². The topological polar surface area (TPSA) is 72.0 Å². The van der Waals surface area contributed by atoms with Gasteiger partial charge in [-0.1, -0.05) is 59.9 Å². The fraction of sp³-hybridized carbons (Fsp3) is 0. The Labute approximate surface area is 188 Å². The molecular formula is C26H17N3O2S. The quantitative estimate of drug-likeness (QED) is 0.352. The zero-order chi connectivity index (χ0) is 21.9. The van der Waals surface area contributed by atoms with Gasteiger partial charge in [0.1, 0.15) is 15.4 Å². The number of carbonyl (C=O) groups is 2. The Hall–Kier alpha value is -4.16. The minimum absolute atomic E-state index is 0.184. The Balaban J connectivity index is 1.37. The highest BCUT2D eigenvalue weighted by Gasteiger charge is 2.18. The van der Waals surface area contributed by atoms with Crippen LogP contribution in [0.5, 0.6) is 0 Å². The molecule has 0 aliphatic heterocycles. The second-order valence-electron chi connectivity index (χ2n) is 7.12. The summed E-state index contributed by atoms with van der Waals surface area (Å²) in [5.41, 5.74) is 3.70. The number of carbonyl (C=O) groups excluding carboxylic acids is 2. The molecule has 0 fully saturated rings. The number of nitrogens with one attached hydrogen (secondary N) is 1. The maximum atomic E-state index is 13.0. The van der Waals surface area contributed by atoms with Crippen LogP contribution < -0.4 is 5.32 Å². The van der Waals surface area contributed by atoms with E-state index in [1.165, 1.54) is 11.3 Å². The number of aromatic nitrogens is 2. The van der Waals surface area contributed by atoms with E-state index in [4.69, 9.17) is 0 Å². The van der Waals surface area contributed by atoms with Crippen molar-refractivity contribution in [3.05, 3.63) is 114 Å². The van der Waals surface area contributed by atoms with Crippen LogP contribution in [-0.2, 0) is 0 Å². The van der Waals surface area contributed by atoms with E-state index in [2.05, 4.69) is 15.3 Å². The van der Waals surface area contributed by atoms with Gasteiger partial charge in [0, 0.05) is 28.6 Å². The van der Waals surface area contributed by atoms with Gasteiger partial charge in [-0.05, 0) is 42.5 Å². The predicted octanol–water partition coefficient (Wildman–Crippen LogP) is 5.84. The standard InChI is InChI=1S/C26H17N3O2S/c30-23(17-7-2-1-3-8-17)20-9-4-5-10-21(20)24(31)28-19-14-12-18(13-15-19)25-29-22-11-6-16-27-26(22)32-25/h1-16H,(H,28,31). The molecule has 3 aromatic carbocycles. The lowest BCUT2D eigenvalue weighted by molar-refractivity contribution is 0.0996. The van der Waals surface area contributed by atoms with Crippen molar-refractivity contribution in [2.75, 3.05) is 5.32 Å². The van der Waals surface area contributed by atoms with E-state index in [0.29, 0.717) is 22.4 Å². The van der Waals surface area contributed by atoms with Gasteiger partial charge in [-0.3, -0.25) is 9.59 Å². The third kappa shape index (κ3) is 3.91. The lowest BCUT2D eigenvalue weighted by Gasteiger charge is -2.10. The van der Waals surface area contributed by atoms with Crippen LogP contribution in [-0.4, -0.2) is 21.7 Å². The lowest BCUT2D eigenvalue weighted by atomic mass is 9.98. The highest BCUT2D eigenvalue weighted by Crippen LogP contribution is 2.29. The molecule has 1 amide bonds. The van der Waals surface area contributed by atoms with Crippen LogP contribution in [0.3, 0.4) is 0 Å². The average Bonchev–Trinajstić information content (AvgIpc) is 3.29. The molecule has 5 aromatic rings. The normalized spacial score (nSPS) is 10.8. The molecule has 1 N–H and O–H groups in total. The smallest absolute Gasteiger partial charge is 0.256 e. The van der Waals surface area contributed by atoms with E-state index in [1.807, 2.05) is 42.5 Å². The van der Waals surface area contributed by atoms with E-state index in [9.17, 15) is 9.59 Å². The summed E-state index contributed by atoms with van der Waals surface area (Å²) in [6.45, 7) is 0. The second-order valence-corrected chi connectivity index (χ2v) is 8.10. The molecule has 2 heterocycles. The zero-order valence-electron chi connectivity index (χ0n) is 16.9. The molecule has 5 rings (SSSR count). The summed E-state index contributed by atoms with van der Waals surface area (Å²) in [6, 6.07) is 27.1. The minimum atomic E-state index is -0.332. The third-order valence-electron chi connectivity index (χ3n) is 5.01. The van der Waals surface area contributed by atoms with Gasteiger partial charge in [-0.25, -0.2) is 9.97 Å². The Kier molecular flexibility index (Phi) is 5.27. The van der Waals surface area contributed by atoms with Crippen LogP contribution in [0.1, 0.15) is 26.3 Å². The molecular weight excluding hydrogens is 418 g/mol.